The van der Waals surface area contributed by atoms with E-state index in [0.717, 1.165) is 0 Å². The molecule has 1 fully saturated rings. The van der Waals surface area contributed by atoms with Crippen molar-refractivity contribution in [3.63, 3.8) is 0 Å². The Labute approximate surface area is 139 Å². The van der Waals surface area contributed by atoms with Gasteiger partial charge in [0.1, 0.15) is 0 Å². The summed E-state index contributed by atoms with van der Waals surface area (Å²) in [6, 6.07) is 0. The summed E-state index contributed by atoms with van der Waals surface area (Å²) in [7, 11) is -3.99. The van der Waals surface area contributed by atoms with Gasteiger partial charge in [0.25, 0.3) is 0 Å². The topological polar surface area (TPSA) is 74.2 Å². The minimum Gasteiger partial charge on any atom is -1.00 e. The number of phosphoric acid groups is 1. The molecule has 0 unspecified atom stereocenters. The zero-order valence-corrected chi connectivity index (χ0v) is 12.1. The fraction of sp³-hybridized carbons (Fsp3) is 0. The van der Waals surface area contributed by atoms with Crippen molar-refractivity contribution in [3.8, 4) is 0 Å². The first kappa shape index (κ1) is 14.8. The Morgan fingerprint density at radius 2 is 1.56 bits per heavy atom. The fourth-order valence-corrected chi connectivity index (χ4v) is 0.343. The molecule has 1 aliphatic rings. The van der Waals surface area contributed by atoms with Crippen molar-refractivity contribution in [2.75, 3.05) is 0 Å². The Hall–Kier alpha value is 3.30. The van der Waals surface area contributed by atoms with Crippen molar-refractivity contribution >= 4 is 7.82 Å². The molecule has 0 aromatic heterocycles. The molecule has 0 aromatic rings. The SMILES string of the molecule is O=P1(O)OOOO1.[H-].[H-].[K+].[K+]. The second-order valence-electron chi connectivity index (χ2n) is 0.754. The van der Waals surface area contributed by atoms with Gasteiger partial charge in [-0.25, -0.2) is 4.57 Å². The molecule has 1 aliphatic heterocycles. The molecule has 0 spiro atoms. The second kappa shape index (κ2) is 6.78. The Bertz CT molecular complexity index is 109. The van der Waals surface area contributed by atoms with Crippen molar-refractivity contribution in [2.45, 2.75) is 0 Å². The van der Waals surface area contributed by atoms with E-state index in [-0.39, 0.29) is 106 Å². The van der Waals surface area contributed by atoms with E-state index in [9.17, 15) is 4.57 Å². The molecule has 0 saturated carbocycles. The third-order valence-corrected chi connectivity index (χ3v) is 0.776. The summed E-state index contributed by atoms with van der Waals surface area (Å²) in [5.74, 6) is 0. The van der Waals surface area contributed by atoms with Gasteiger partial charge in [-0.1, -0.05) is 9.35 Å². The minimum absolute atomic E-state index is 0. The zero-order chi connectivity index (χ0) is 5.33. The Kier molecular flexibility index (Phi) is 11.2. The summed E-state index contributed by atoms with van der Waals surface area (Å²) in [6.07, 6.45) is 0. The van der Waals surface area contributed by atoms with Gasteiger partial charge >= 0.3 is 111 Å². The molecule has 0 bridgehead atoms. The standard InChI is InChI=1S/2K.HO6P.2H/c;;1-7(2)5-3-4-6-7;;/h;;(H,1,2);;/q2*+1;;2*-1. The van der Waals surface area contributed by atoms with Crippen LogP contribution in [0.3, 0.4) is 0 Å². The Morgan fingerprint density at radius 3 is 1.67 bits per heavy atom. The average Bonchev–Trinajstić information content (AvgIpc) is 1.84. The molecule has 0 atom stereocenters. The number of hydrogen-bond donors (Lipinski definition) is 1. The molecule has 1 heterocycles. The zero-order valence-electron chi connectivity index (χ0n) is 6.94. The molecule has 1 saturated heterocycles. The van der Waals surface area contributed by atoms with Crippen LogP contribution in [0.2, 0.25) is 0 Å². The van der Waals surface area contributed by atoms with Gasteiger partial charge in [-0.2, -0.15) is 0 Å². The molecular weight excluding hydrogens is 205 g/mol. The molecule has 46 valence electrons. The first-order chi connectivity index (χ1) is 3.21. The summed E-state index contributed by atoms with van der Waals surface area (Å²) in [4.78, 5) is 8.06. The largest absolute Gasteiger partial charge is 1.00 e. The van der Waals surface area contributed by atoms with E-state index in [0.29, 0.717) is 0 Å². The summed E-state index contributed by atoms with van der Waals surface area (Å²) >= 11 is 0. The van der Waals surface area contributed by atoms with E-state index >= 15 is 0 Å². The van der Waals surface area contributed by atoms with Crippen molar-refractivity contribution in [2.24, 2.45) is 0 Å². The molecule has 0 aromatic carbocycles. The first-order valence-corrected chi connectivity index (χ1v) is 2.74. The van der Waals surface area contributed by atoms with Crippen LogP contribution in [0.4, 0.5) is 0 Å². The van der Waals surface area contributed by atoms with Crippen LogP contribution >= 0.6 is 7.82 Å². The van der Waals surface area contributed by atoms with Gasteiger partial charge in [0.2, 0.25) is 0 Å². The van der Waals surface area contributed by atoms with Gasteiger partial charge in [-0.3, -0.25) is 4.89 Å². The Balaban J connectivity index is -0.0000000612. The van der Waals surface area contributed by atoms with Gasteiger partial charge < -0.3 is 2.85 Å². The quantitative estimate of drug-likeness (QED) is 0.243. The normalized spacial score (nSPS) is 21.9. The van der Waals surface area contributed by atoms with E-state index in [1.54, 1.807) is 0 Å². The van der Waals surface area contributed by atoms with Crippen molar-refractivity contribution in [3.05, 3.63) is 0 Å². The number of rotatable bonds is 0. The average molecular weight is 208 g/mol. The van der Waals surface area contributed by atoms with Gasteiger partial charge in [-0.15, -0.1) is 0 Å². The Morgan fingerprint density at radius 1 is 1.22 bits per heavy atom. The van der Waals surface area contributed by atoms with Crippen molar-refractivity contribution < 1.29 is 135 Å². The molecular formula is H3K2O6P. The van der Waals surface area contributed by atoms with Gasteiger partial charge in [0.15, 0.2) is 0 Å². The van der Waals surface area contributed by atoms with Crippen LogP contribution in [0.15, 0.2) is 0 Å². The van der Waals surface area contributed by atoms with Crippen LogP contribution in [0, 0.1) is 0 Å². The monoisotopic (exact) mass is 208 g/mol. The summed E-state index contributed by atoms with van der Waals surface area (Å²) < 4.78 is 16.9. The van der Waals surface area contributed by atoms with Crippen LogP contribution < -0.4 is 103 Å². The maximum absolute atomic E-state index is 9.88. The smallest absolute Gasteiger partial charge is 1.00 e. The molecule has 1 N–H and O–H groups in total. The third kappa shape index (κ3) is 6.46. The van der Waals surface area contributed by atoms with E-state index < -0.39 is 7.82 Å². The van der Waals surface area contributed by atoms with Crippen LogP contribution in [0.5, 0.6) is 0 Å². The molecule has 0 amide bonds. The maximum atomic E-state index is 9.88. The predicted octanol–water partition coefficient (Wildman–Crippen LogP) is -5.86. The molecule has 1 rings (SSSR count). The second-order valence-corrected chi connectivity index (χ2v) is 1.99. The minimum atomic E-state index is -3.99. The molecule has 9 heteroatoms. The predicted molar refractivity (Wildman–Crippen MR) is 16.4 cm³/mol. The molecule has 0 radical (unpaired) electrons. The van der Waals surface area contributed by atoms with E-state index in [1.165, 1.54) is 0 Å². The fourth-order valence-electron chi connectivity index (χ4n) is 0.114. The van der Waals surface area contributed by atoms with Crippen LogP contribution in [-0.2, 0) is 24.0 Å². The van der Waals surface area contributed by atoms with Gasteiger partial charge in [-0.05, 0) is 10.1 Å². The summed E-state index contributed by atoms with van der Waals surface area (Å²) in [6.45, 7) is 0. The van der Waals surface area contributed by atoms with Crippen LogP contribution in [0.1, 0.15) is 2.85 Å². The van der Waals surface area contributed by atoms with Crippen LogP contribution in [0.25, 0.3) is 0 Å². The summed E-state index contributed by atoms with van der Waals surface area (Å²) in [5, 5.41) is 6.85. The van der Waals surface area contributed by atoms with E-state index in [4.69, 9.17) is 4.89 Å². The maximum Gasteiger partial charge on any atom is 1.00 e. The molecule has 0 aliphatic carbocycles. The summed E-state index contributed by atoms with van der Waals surface area (Å²) in [5.41, 5.74) is 0. The van der Waals surface area contributed by atoms with Crippen molar-refractivity contribution in [1.29, 1.82) is 0 Å². The van der Waals surface area contributed by atoms with Gasteiger partial charge in [0.05, 0.1) is 0 Å². The van der Waals surface area contributed by atoms with Crippen molar-refractivity contribution in [1.82, 2.24) is 0 Å². The first-order valence-electron chi connectivity index (χ1n) is 1.25. The molecule has 9 heavy (non-hydrogen) atoms. The van der Waals surface area contributed by atoms with E-state index in [1.807, 2.05) is 0 Å². The number of hydrogen-bond acceptors (Lipinski definition) is 5. The third-order valence-electron chi connectivity index (χ3n) is 0.277. The van der Waals surface area contributed by atoms with Gasteiger partial charge in [0, 0.05) is 0 Å². The van der Waals surface area contributed by atoms with E-state index in [2.05, 4.69) is 19.4 Å². The van der Waals surface area contributed by atoms with Crippen LogP contribution in [-0.4, -0.2) is 4.89 Å². The molecule has 6 nitrogen and oxygen atoms in total.